The van der Waals surface area contributed by atoms with Crippen molar-refractivity contribution in [1.82, 2.24) is 19.7 Å². The van der Waals surface area contributed by atoms with E-state index in [1.54, 1.807) is 4.57 Å². The summed E-state index contributed by atoms with van der Waals surface area (Å²) in [6.45, 7) is 6.86. The zero-order valence-corrected chi connectivity index (χ0v) is 16.3. The van der Waals surface area contributed by atoms with Gasteiger partial charge in [-0.1, -0.05) is 49.3 Å². The number of rotatable bonds is 8. The molecule has 2 aromatic heterocycles. The smallest absolute Gasteiger partial charge is 0.262 e. The van der Waals surface area contributed by atoms with Crippen molar-refractivity contribution in [2.45, 2.75) is 63.4 Å². The second kappa shape index (κ2) is 8.49. The van der Waals surface area contributed by atoms with Crippen LogP contribution in [0.2, 0.25) is 0 Å². The molecule has 0 N–H and O–H groups in total. The standard InChI is InChI=1S/C19H24N4O2S/c1-4-6-12-23-18(24)14-10-7-8-11-15(14)20-19(23)26-13(3)17-21-16(9-5-2)22-25-17/h7-8,10-11,13H,4-6,9,12H2,1-3H3/t13-/m0/s1. The average Bonchev–Trinajstić information content (AvgIpc) is 3.11. The Kier molecular flexibility index (Phi) is 6.08. The molecule has 0 radical (unpaired) electrons. The number of hydrogen-bond donors (Lipinski definition) is 0. The molecule has 0 aliphatic heterocycles. The Bertz CT molecular complexity index is 935. The van der Waals surface area contributed by atoms with Gasteiger partial charge in [-0.2, -0.15) is 4.98 Å². The highest BCUT2D eigenvalue weighted by Gasteiger charge is 2.19. The fourth-order valence-electron chi connectivity index (χ4n) is 2.72. The molecule has 0 aliphatic rings. The van der Waals surface area contributed by atoms with Crippen LogP contribution in [0.15, 0.2) is 38.7 Å². The van der Waals surface area contributed by atoms with Crippen LogP contribution in [0.3, 0.4) is 0 Å². The third-order valence-corrected chi connectivity index (χ3v) is 5.23. The molecule has 6 nitrogen and oxygen atoms in total. The molecule has 0 saturated carbocycles. The quantitative estimate of drug-likeness (QED) is 0.431. The molecule has 0 bridgehead atoms. The SMILES string of the molecule is CCCCn1c(S[C@@H](C)c2nc(CCC)no2)nc2ccccc2c1=O. The molecule has 138 valence electrons. The van der Waals surface area contributed by atoms with Crippen molar-refractivity contribution >= 4 is 22.7 Å². The molecule has 0 spiro atoms. The zero-order valence-electron chi connectivity index (χ0n) is 15.4. The summed E-state index contributed by atoms with van der Waals surface area (Å²) in [5.74, 6) is 1.30. The Hall–Kier alpha value is -2.15. The highest BCUT2D eigenvalue weighted by molar-refractivity contribution is 7.99. The van der Waals surface area contributed by atoms with E-state index in [-0.39, 0.29) is 10.8 Å². The van der Waals surface area contributed by atoms with Crippen LogP contribution in [0.5, 0.6) is 0 Å². The van der Waals surface area contributed by atoms with E-state index in [0.29, 0.717) is 23.0 Å². The van der Waals surface area contributed by atoms with Gasteiger partial charge in [0.15, 0.2) is 11.0 Å². The Labute approximate surface area is 157 Å². The van der Waals surface area contributed by atoms with Crippen LogP contribution in [0, 0.1) is 0 Å². The van der Waals surface area contributed by atoms with E-state index >= 15 is 0 Å². The van der Waals surface area contributed by atoms with Crippen molar-refractivity contribution in [2.24, 2.45) is 0 Å². The number of fused-ring (bicyclic) bond motifs is 1. The lowest BCUT2D eigenvalue weighted by Crippen LogP contribution is -2.23. The predicted octanol–water partition coefficient (Wildman–Crippen LogP) is 4.39. The van der Waals surface area contributed by atoms with E-state index in [1.807, 2.05) is 31.2 Å². The van der Waals surface area contributed by atoms with E-state index in [0.717, 1.165) is 37.0 Å². The minimum Gasteiger partial charge on any atom is -0.338 e. The summed E-state index contributed by atoms with van der Waals surface area (Å²) in [5, 5.41) is 5.30. The third kappa shape index (κ3) is 3.98. The molecule has 0 saturated heterocycles. The van der Waals surface area contributed by atoms with E-state index < -0.39 is 0 Å². The number of hydrogen-bond acceptors (Lipinski definition) is 6. The number of aryl methyl sites for hydroxylation is 1. The Morgan fingerprint density at radius 2 is 2.00 bits per heavy atom. The fourth-order valence-corrected chi connectivity index (χ4v) is 3.68. The van der Waals surface area contributed by atoms with Crippen molar-refractivity contribution in [1.29, 1.82) is 0 Å². The molecule has 1 aromatic carbocycles. The van der Waals surface area contributed by atoms with Crippen molar-refractivity contribution in [3.63, 3.8) is 0 Å². The highest BCUT2D eigenvalue weighted by atomic mass is 32.2. The lowest BCUT2D eigenvalue weighted by molar-refractivity contribution is 0.374. The summed E-state index contributed by atoms with van der Waals surface area (Å²) >= 11 is 1.49. The number of unbranched alkanes of at least 4 members (excludes halogenated alkanes) is 1. The first-order valence-electron chi connectivity index (χ1n) is 9.12. The molecular formula is C19H24N4O2S. The zero-order chi connectivity index (χ0) is 18.5. The third-order valence-electron chi connectivity index (χ3n) is 4.15. The van der Waals surface area contributed by atoms with Gasteiger partial charge in [-0.05, 0) is 31.9 Å². The van der Waals surface area contributed by atoms with E-state index in [1.165, 1.54) is 11.8 Å². The van der Waals surface area contributed by atoms with E-state index in [4.69, 9.17) is 9.51 Å². The highest BCUT2D eigenvalue weighted by Crippen LogP contribution is 2.33. The average molecular weight is 372 g/mol. The minimum absolute atomic E-state index is 0.0101. The fraction of sp³-hybridized carbons (Fsp3) is 0.474. The first kappa shape index (κ1) is 18.6. The van der Waals surface area contributed by atoms with Crippen LogP contribution in [-0.2, 0) is 13.0 Å². The molecule has 2 heterocycles. The molecular weight excluding hydrogens is 348 g/mol. The summed E-state index contributed by atoms with van der Waals surface area (Å²) in [4.78, 5) is 22.1. The summed E-state index contributed by atoms with van der Waals surface area (Å²) in [6.07, 6.45) is 3.73. The maximum atomic E-state index is 12.9. The van der Waals surface area contributed by atoms with Gasteiger partial charge in [-0.15, -0.1) is 0 Å². The van der Waals surface area contributed by atoms with E-state index in [2.05, 4.69) is 24.0 Å². The first-order valence-corrected chi connectivity index (χ1v) is 10.0. The van der Waals surface area contributed by atoms with Crippen molar-refractivity contribution in [3.8, 4) is 0 Å². The normalized spacial score (nSPS) is 12.6. The summed E-state index contributed by atoms with van der Waals surface area (Å²) in [6, 6.07) is 7.48. The molecule has 0 unspecified atom stereocenters. The van der Waals surface area contributed by atoms with Crippen molar-refractivity contribution in [3.05, 3.63) is 46.3 Å². The molecule has 0 fully saturated rings. The molecule has 1 atom stereocenters. The molecule has 3 aromatic rings. The number of para-hydroxylation sites is 1. The van der Waals surface area contributed by atoms with Crippen LogP contribution in [0.1, 0.15) is 57.0 Å². The van der Waals surface area contributed by atoms with Gasteiger partial charge in [0.2, 0.25) is 5.89 Å². The lowest BCUT2D eigenvalue weighted by atomic mass is 10.2. The van der Waals surface area contributed by atoms with Crippen LogP contribution in [0.4, 0.5) is 0 Å². The summed E-state index contributed by atoms with van der Waals surface area (Å²) < 4.78 is 7.17. The Morgan fingerprint density at radius 3 is 2.77 bits per heavy atom. The van der Waals surface area contributed by atoms with Gasteiger partial charge in [0.1, 0.15) is 0 Å². The summed E-state index contributed by atoms with van der Waals surface area (Å²) in [5.41, 5.74) is 0.730. The maximum absolute atomic E-state index is 12.9. The molecule has 26 heavy (non-hydrogen) atoms. The van der Waals surface area contributed by atoms with Gasteiger partial charge < -0.3 is 4.52 Å². The van der Waals surface area contributed by atoms with Crippen molar-refractivity contribution < 1.29 is 4.52 Å². The van der Waals surface area contributed by atoms with Crippen LogP contribution < -0.4 is 5.56 Å². The van der Waals surface area contributed by atoms with Gasteiger partial charge in [0.25, 0.3) is 5.56 Å². The van der Waals surface area contributed by atoms with Crippen LogP contribution in [0.25, 0.3) is 10.9 Å². The second-order valence-electron chi connectivity index (χ2n) is 6.28. The number of nitrogens with zero attached hydrogens (tertiary/aromatic N) is 4. The molecule has 7 heteroatoms. The largest absolute Gasteiger partial charge is 0.338 e. The molecule has 0 aliphatic carbocycles. The van der Waals surface area contributed by atoms with Crippen molar-refractivity contribution in [2.75, 3.05) is 0 Å². The number of thioether (sulfide) groups is 1. The topological polar surface area (TPSA) is 73.8 Å². The van der Waals surface area contributed by atoms with Gasteiger partial charge >= 0.3 is 0 Å². The van der Waals surface area contributed by atoms with E-state index in [9.17, 15) is 4.79 Å². The van der Waals surface area contributed by atoms with Crippen LogP contribution in [-0.4, -0.2) is 19.7 Å². The first-order chi connectivity index (χ1) is 12.6. The van der Waals surface area contributed by atoms with Gasteiger partial charge in [-0.25, -0.2) is 4.98 Å². The molecule has 3 rings (SSSR count). The minimum atomic E-state index is -0.0750. The van der Waals surface area contributed by atoms with Gasteiger partial charge in [-0.3, -0.25) is 9.36 Å². The molecule has 0 amide bonds. The maximum Gasteiger partial charge on any atom is 0.262 e. The number of benzene rings is 1. The second-order valence-corrected chi connectivity index (χ2v) is 7.59. The number of aromatic nitrogens is 4. The predicted molar refractivity (Wildman–Crippen MR) is 103 cm³/mol. The van der Waals surface area contributed by atoms with Gasteiger partial charge in [0.05, 0.1) is 16.2 Å². The van der Waals surface area contributed by atoms with Gasteiger partial charge in [0, 0.05) is 13.0 Å². The lowest BCUT2D eigenvalue weighted by Gasteiger charge is -2.14. The van der Waals surface area contributed by atoms with Crippen LogP contribution >= 0.6 is 11.8 Å². The monoisotopic (exact) mass is 372 g/mol. The Morgan fingerprint density at radius 1 is 1.19 bits per heavy atom. The Balaban J connectivity index is 1.95. The summed E-state index contributed by atoms with van der Waals surface area (Å²) in [7, 11) is 0.